The molecule has 0 radical (unpaired) electrons. The van der Waals surface area contributed by atoms with E-state index in [0.29, 0.717) is 11.2 Å². The fourth-order valence-electron chi connectivity index (χ4n) is 3.08. The van der Waals surface area contributed by atoms with Crippen LogP contribution in [-0.2, 0) is 11.2 Å². The first kappa shape index (κ1) is 15.0. The van der Waals surface area contributed by atoms with Crippen molar-refractivity contribution in [1.82, 2.24) is 14.9 Å². The Bertz CT molecular complexity index is 511. The lowest BCUT2D eigenvalue weighted by molar-refractivity contribution is -0.0416. The van der Waals surface area contributed by atoms with E-state index in [1.165, 1.54) is 19.4 Å². The summed E-state index contributed by atoms with van der Waals surface area (Å²) < 4.78 is 5.96. The van der Waals surface area contributed by atoms with E-state index >= 15 is 0 Å². The molecule has 116 valence electrons. The molecule has 2 aliphatic rings. The van der Waals surface area contributed by atoms with Crippen molar-refractivity contribution in [3.05, 3.63) is 16.5 Å². The Kier molecular flexibility index (Phi) is 4.62. The standard InChI is InChI=1S/C15H23ClN4O/c1-3-13-18-14(16)10(2)15(19-13)17-7-12-8-20-6-4-5-11(20)9-21-12/h11-12H,3-9H2,1-2H3,(H,17,18,19). The number of anilines is 1. The van der Waals surface area contributed by atoms with E-state index < -0.39 is 0 Å². The fraction of sp³-hybridized carbons (Fsp3) is 0.733. The van der Waals surface area contributed by atoms with E-state index in [2.05, 4.69) is 20.2 Å². The van der Waals surface area contributed by atoms with Crippen LogP contribution in [0, 0.1) is 6.92 Å². The number of aromatic nitrogens is 2. The summed E-state index contributed by atoms with van der Waals surface area (Å²) in [7, 11) is 0. The zero-order valence-corrected chi connectivity index (χ0v) is 13.5. The Morgan fingerprint density at radius 1 is 1.43 bits per heavy atom. The number of hydrogen-bond donors (Lipinski definition) is 1. The molecule has 1 aromatic heterocycles. The number of halogens is 1. The van der Waals surface area contributed by atoms with E-state index in [1.54, 1.807) is 0 Å². The number of rotatable bonds is 4. The van der Waals surface area contributed by atoms with Crippen molar-refractivity contribution in [2.75, 3.05) is 31.6 Å². The lowest BCUT2D eigenvalue weighted by Gasteiger charge is -2.35. The first-order valence-electron chi connectivity index (χ1n) is 7.80. The zero-order chi connectivity index (χ0) is 14.8. The molecular formula is C15H23ClN4O. The zero-order valence-electron chi connectivity index (χ0n) is 12.7. The van der Waals surface area contributed by atoms with Gasteiger partial charge in [-0.15, -0.1) is 0 Å². The van der Waals surface area contributed by atoms with Crippen LogP contribution in [-0.4, -0.2) is 53.3 Å². The highest BCUT2D eigenvalue weighted by atomic mass is 35.5. The second-order valence-electron chi connectivity index (χ2n) is 5.89. The average molecular weight is 311 g/mol. The van der Waals surface area contributed by atoms with Crippen molar-refractivity contribution in [2.45, 2.75) is 45.3 Å². The maximum atomic E-state index is 6.16. The molecule has 0 saturated carbocycles. The summed E-state index contributed by atoms with van der Waals surface area (Å²) in [4.78, 5) is 11.3. The van der Waals surface area contributed by atoms with Gasteiger partial charge < -0.3 is 10.1 Å². The molecule has 21 heavy (non-hydrogen) atoms. The Hall–Kier alpha value is -0.910. The Labute approximate surface area is 131 Å². The summed E-state index contributed by atoms with van der Waals surface area (Å²) in [6.07, 6.45) is 3.58. The van der Waals surface area contributed by atoms with E-state index in [9.17, 15) is 0 Å². The van der Waals surface area contributed by atoms with Gasteiger partial charge >= 0.3 is 0 Å². The number of hydrogen-bond acceptors (Lipinski definition) is 5. The normalized spacial score (nSPS) is 25.9. The second kappa shape index (κ2) is 6.46. The van der Waals surface area contributed by atoms with Crippen LogP contribution in [0.2, 0.25) is 5.15 Å². The van der Waals surface area contributed by atoms with Gasteiger partial charge in [-0.1, -0.05) is 18.5 Å². The van der Waals surface area contributed by atoms with Crippen LogP contribution in [0.15, 0.2) is 0 Å². The molecular weight excluding hydrogens is 288 g/mol. The van der Waals surface area contributed by atoms with Crippen LogP contribution < -0.4 is 5.32 Å². The van der Waals surface area contributed by atoms with Crippen molar-refractivity contribution in [3.8, 4) is 0 Å². The number of ether oxygens (including phenoxy) is 1. The third-order valence-corrected chi connectivity index (χ3v) is 4.78. The number of fused-ring (bicyclic) bond motifs is 1. The minimum Gasteiger partial charge on any atom is -0.373 e. The van der Waals surface area contributed by atoms with Gasteiger partial charge in [-0.05, 0) is 26.3 Å². The molecule has 5 nitrogen and oxygen atoms in total. The van der Waals surface area contributed by atoms with Crippen LogP contribution >= 0.6 is 11.6 Å². The lowest BCUT2D eigenvalue weighted by atomic mass is 10.2. The minimum atomic E-state index is 0.220. The molecule has 6 heteroatoms. The van der Waals surface area contributed by atoms with Crippen LogP contribution in [0.4, 0.5) is 5.82 Å². The average Bonchev–Trinajstić information content (AvgIpc) is 2.96. The van der Waals surface area contributed by atoms with Crippen molar-refractivity contribution in [3.63, 3.8) is 0 Å². The van der Waals surface area contributed by atoms with Gasteiger partial charge in [-0.2, -0.15) is 0 Å². The third-order valence-electron chi connectivity index (χ3n) is 4.41. The molecule has 2 saturated heterocycles. The monoisotopic (exact) mass is 310 g/mol. The summed E-state index contributed by atoms with van der Waals surface area (Å²) >= 11 is 6.16. The van der Waals surface area contributed by atoms with E-state index in [0.717, 1.165) is 43.3 Å². The van der Waals surface area contributed by atoms with E-state index in [-0.39, 0.29) is 6.10 Å². The summed E-state index contributed by atoms with van der Waals surface area (Å²) in [6.45, 7) is 7.82. The van der Waals surface area contributed by atoms with Crippen molar-refractivity contribution >= 4 is 17.4 Å². The molecule has 0 spiro atoms. The second-order valence-corrected chi connectivity index (χ2v) is 6.24. The largest absolute Gasteiger partial charge is 0.373 e. The molecule has 2 unspecified atom stereocenters. The number of nitrogens with zero attached hydrogens (tertiary/aromatic N) is 3. The highest BCUT2D eigenvalue weighted by Gasteiger charge is 2.32. The summed E-state index contributed by atoms with van der Waals surface area (Å²) in [5, 5.41) is 3.93. The molecule has 2 aliphatic heterocycles. The predicted octanol–water partition coefficient (Wildman–Crippen LogP) is 2.28. The van der Waals surface area contributed by atoms with Crippen LogP contribution in [0.25, 0.3) is 0 Å². The van der Waals surface area contributed by atoms with Gasteiger partial charge in [-0.3, -0.25) is 4.90 Å². The quantitative estimate of drug-likeness (QED) is 0.865. The summed E-state index contributed by atoms with van der Waals surface area (Å²) in [6, 6.07) is 0.642. The van der Waals surface area contributed by atoms with Gasteiger partial charge in [0.2, 0.25) is 0 Å². The maximum absolute atomic E-state index is 6.16. The smallest absolute Gasteiger partial charge is 0.137 e. The topological polar surface area (TPSA) is 50.3 Å². The van der Waals surface area contributed by atoms with Gasteiger partial charge in [0.25, 0.3) is 0 Å². The SMILES string of the molecule is CCc1nc(Cl)c(C)c(NCC2CN3CCCC3CO2)n1. The lowest BCUT2D eigenvalue weighted by Crippen LogP contribution is -2.48. The summed E-state index contributed by atoms with van der Waals surface area (Å²) in [5.74, 6) is 1.61. The van der Waals surface area contributed by atoms with Gasteiger partial charge in [0, 0.05) is 31.1 Å². The van der Waals surface area contributed by atoms with Gasteiger partial charge in [0.1, 0.15) is 16.8 Å². The Morgan fingerprint density at radius 2 is 2.29 bits per heavy atom. The molecule has 2 atom stereocenters. The molecule has 3 heterocycles. The highest BCUT2D eigenvalue weighted by molar-refractivity contribution is 6.30. The molecule has 0 aliphatic carbocycles. The fourth-order valence-corrected chi connectivity index (χ4v) is 3.27. The maximum Gasteiger partial charge on any atom is 0.137 e. The van der Waals surface area contributed by atoms with Gasteiger partial charge in [0.15, 0.2) is 0 Å². The molecule has 2 fully saturated rings. The molecule has 0 aromatic carbocycles. The first-order valence-corrected chi connectivity index (χ1v) is 8.17. The predicted molar refractivity (Wildman–Crippen MR) is 84.0 cm³/mol. The molecule has 1 aromatic rings. The number of nitrogens with one attached hydrogen (secondary N) is 1. The number of aryl methyl sites for hydroxylation is 1. The van der Waals surface area contributed by atoms with Crippen molar-refractivity contribution in [2.24, 2.45) is 0 Å². The highest BCUT2D eigenvalue weighted by Crippen LogP contribution is 2.24. The summed E-state index contributed by atoms with van der Waals surface area (Å²) in [5.41, 5.74) is 0.906. The molecule has 3 rings (SSSR count). The Balaban J connectivity index is 1.61. The van der Waals surface area contributed by atoms with E-state index in [4.69, 9.17) is 16.3 Å². The van der Waals surface area contributed by atoms with E-state index in [1.807, 2.05) is 13.8 Å². The van der Waals surface area contributed by atoms with Crippen LogP contribution in [0.3, 0.4) is 0 Å². The van der Waals surface area contributed by atoms with Gasteiger partial charge in [-0.25, -0.2) is 9.97 Å². The molecule has 1 N–H and O–H groups in total. The number of morpholine rings is 1. The van der Waals surface area contributed by atoms with Gasteiger partial charge in [0.05, 0.1) is 12.7 Å². The minimum absolute atomic E-state index is 0.220. The van der Waals surface area contributed by atoms with Crippen LogP contribution in [0.5, 0.6) is 0 Å². The molecule has 0 amide bonds. The Morgan fingerprint density at radius 3 is 3.10 bits per heavy atom. The third kappa shape index (κ3) is 3.30. The molecule has 0 bridgehead atoms. The first-order chi connectivity index (χ1) is 10.2. The van der Waals surface area contributed by atoms with Crippen molar-refractivity contribution in [1.29, 1.82) is 0 Å². The van der Waals surface area contributed by atoms with Crippen molar-refractivity contribution < 1.29 is 4.74 Å². The van der Waals surface area contributed by atoms with Crippen LogP contribution in [0.1, 0.15) is 31.2 Å².